The van der Waals surface area contributed by atoms with Crippen LogP contribution in [0.1, 0.15) is 54.8 Å². The maximum Gasteiger partial charge on any atom is 0.292 e. The summed E-state index contributed by atoms with van der Waals surface area (Å²) in [6.45, 7) is 6.54. The average molecular weight is 443 g/mol. The number of likely N-dealkylation sites (tertiary alicyclic amines) is 1. The highest BCUT2D eigenvalue weighted by Crippen LogP contribution is 2.41. The molecule has 0 radical (unpaired) electrons. The number of anilines is 1. The van der Waals surface area contributed by atoms with Gasteiger partial charge in [-0.15, -0.1) is 0 Å². The SMILES string of the molecule is CC1CCN(C2CCc3cc(N4CC(c5c(F)cccc5F)C4)ccc32)CC1.COC=O. The van der Waals surface area contributed by atoms with Gasteiger partial charge in [0.15, 0.2) is 0 Å². The zero-order valence-electron chi connectivity index (χ0n) is 18.9. The van der Waals surface area contributed by atoms with Crippen LogP contribution in [0.15, 0.2) is 36.4 Å². The van der Waals surface area contributed by atoms with Crippen LogP contribution >= 0.6 is 0 Å². The molecule has 0 aromatic heterocycles. The molecule has 0 amide bonds. The molecule has 1 unspecified atom stereocenters. The number of ether oxygens (including phenoxy) is 1. The number of aryl methyl sites for hydroxylation is 1. The van der Waals surface area contributed by atoms with Gasteiger partial charge in [0.05, 0.1) is 7.11 Å². The van der Waals surface area contributed by atoms with Crippen molar-refractivity contribution >= 4 is 12.2 Å². The Kier molecular flexibility index (Phi) is 7.09. The fourth-order valence-electron chi connectivity index (χ4n) is 5.27. The van der Waals surface area contributed by atoms with E-state index in [2.05, 4.69) is 39.7 Å². The molecular weight excluding hydrogens is 410 g/mol. The molecule has 32 heavy (non-hydrogen) atoms. The van der Waals surface area contributed by atoms with Gasteiger partial charge in [-0.05, 0) is 80.1 Å². The van der Waals surface area contributed by atoms with Crippen LogP contribution in [0, 0.1) is 17.6 Å². The third kappa shape index (κ3) is 4.65. The van der Waals surface area contributed by atoms with Crippen molar-refractivity contribution in [2.45, 2.75) is 44.6 Å². The number of hydrogen-bond donors (Lipinski definition) is 0. The number of piperidine rings is 1. The van der Waals surface area contributed by atoms with Gasteiger partial charge in [0.1, 0.15) is 11.6 Å². The van der Waals surface area contributed by atoms with Crippen molar-refractivity contribution in [2.24, 2.45) is 5.92 Å². The lowest BCUT2D eigenvalue weighted by molar-refractivity contribution is -0.126. The Morgan fingerprint density at radius 1 is 1.03 bits per heavy atom. The molecule has 4 nitrogen and oxygen atoms in total. The second-order valence-electron chi connectivity index (χ2n) is 9.23. The molecule has 6 heteroatoms. The lowest BCUT2D eigenvalue weighted by Gasteiger charge is -2.42. The highest BCUT2D eigenvalue weighted by Gasteiger charge is 2.34. The first-order valence-corrected chi connectivity index (χ1v) is 11.5. The Hall–Kier alpha value is -2.47. The maximum atomic E-state index is 14.0. The highest BCUT2D eigenvalue weighted by atomic mass is 19.1. The van der Waals surface area contributed by atoms with Crippen molar-refractivity contribution in [1.82, 2.24) is 4.90 Å². The second kappa shape index (κ2) is 9.99. The largest absolute Gasteiger partial charge is 0.471 e. The topological polar surface area (TPSA) is 32.8 Å². The Morgan fingerprint density at radius 3 is 2.31 bits per heavy atom. The van der Waals surface area contributed by atoms with Crippen LogP contribution < -0.4 is 4.90 Å². The molecule has 0 saturated carbocycles. The van der Waals surface area contributed by atoms with E-state index >= 15 is 0 Å². The molecule has 1 aliphatic carbocycles. The quantitative estimate of drug-likeness (QED) is 0.619. The Labute approximate surface area is 189 Å². The highest BCUT2D eigenvalue weighted by molar-refractivity contribution is 5.56. The fourth-order valence-corrected chi connectivity index (χ4v) is 5.27. The van der Waals surface area contributed by atoms with E-state index < -0.39 is 11.6 Å². The second-order valence-corrected chi connectivity index (χ2v) is 9.23. The number of hydrogen-bond acceptors (Lipinski definition) is 4. The molecule has 0 N–H and O–H groups in total. The number of fused-ring (bicyclic) bond motifs is 1. The van der Waals surface area contributed by atoms with Crippen LogP contribution in [-0.2, 0) is 16.0 Å². The lowest BCUT2D eigenvalue weighted by atomic mass is 9.89. The lowest BCUT2D eigenvalue weighted by Crippen LogP contribution is -2.45. The van der Waals surface area contributed by atoms with Gasteiger partial charge >= 0.3 is 0 Å². The number of carbonyl (C=O) groups is 1. The fraction of sp³-hybridized carbons (Fsp3) is 0.500. The van der Waals surface area contributed by atoms with E-state index in [0.29, 0.717) is 25.6 Å². The molecule has 0 bridgehead atoms. The van der Waals surface area contributed by atoms with E-state index in [9.17, 15) is 8.78 Å². The van der Waals surface area contributed by atoms with Gasteiger partial charge in [-0.2, -0.15) is 0 Å². The number of carbonyl (C=O) groups excluding carboxylic acids is 1. The summed E-state index contributed by atoms with van der Waals surface area (Å²) in [6.07, 6.45) is 4.98. The molecular formula is C26H32F2N2O2. The van der Waals surface area contributed by atoms with E-state index in [1.54, 1.807) is 0 Å². The van der Waals surface area contributed by atoms with E-state index in [-0.39, 0.29) is 11.5 Å². The molecule has 2 aliphatic heterocycles. The van der Waals surface area contributed by atoms with Crippen molar-refractivity contribution in [2.75, 3.05) is 38.2 Å². The Bertz CT molecular complexity index is 917. The third-order valence-corrected chi connectivity index (χ3v) is 7.18. The number of halogens is 2. The first kappa shape index (κ1) is 22.7. The monoisotopic (exact) mass is 442 g/mol. The summed E-state index contributed by atoms with van der Waals surface area (Å²) in [5, 5.41) is 0. The number of benzene rings is 2. The predicted octanol–water partition coefficient (Wildman–Crippen LogP) is 5.08. The van der Waals surface area contributed by atoms with Crippen LogP contribution in [0.25, 0.3) is 0 Å². The summed E-state index contributed by atoms with van der Waals surface area (Å²) in [5.41, 5.74) is 4.40. The molecule has 3 aliphatic rings. The summed E-state index contributed by atoms with van der Waals surface area (Å²) in [6, 6.07) is 11.6. The van der Waals surface area contributed by atoms with Gasteiger partial charge < -0.3 is 9.64 Å². The average Bonchev–Trinajstić information content (AvgIpc) is 3.19. The summed E-state index contributed by atoms with van der Waals surface area (Å²) < 4.78 is 31.9. The molecule has 172 valence electrons. The van der Waals surface area contributed by atoms with Crippen LogP contribution in [0.2, 0.25) is 0 Å². The zero-order valence-corrected chi connectivity index (χ0v) is 18.9. The summed E-state index contributed by atoms with van der Waals surface area (Å²) >= 11 is 0. The minimum absolute atomic E-state index is 0.0578. The number of nitrogens with zero attached hydrogens (tertiary/aromatic N) is 2. The summed E-state index contributed by atoms with van der Waals surface area (Å²) in [5.74, 6) is -0.0368. The van der Waals surface area contributed by atoms with Gasteiger partial charge in [0, 0.05) is 36.3 Å². The molecule has 2 fully saturated rings. The minimum Gasteiger partial charge on any atom is -0.471 e. The van der Waals surface area contributed by atoms with E-state index in [1.165, 1.54) is 74.5 Å². The summed E-state index contributed by atoms with van der Waals surface area (Å²) in [4.78, 5) is 13.9. The Morgan fingerprint density at radius 2 is 1.69 bits per heavy atom. The molecule has 1 atom stereocenters. The minimum atomic E-state index is -0.419. The van der Waals surface area contributed by atoms with Crippen LogP contribution in [-0.4, -0.2) is 44.7 Å². The van der Waals surface area contributed by atoms with Gasteiger partial charge in [0.25, 0.3) is 6.47 Å². The molecule has 5 rings (SSSR count). The van der Waals surface area contributed by atoms with E-state index in [0.717, 1.165) is 12.3 Å². The smallest absolute Gasteiger partial charge is 0.292 e. The first-order valence-electron chi connectivity index (χ1n) is 11.5. The molecule has 2 saturated heterocycles. The molecule has 2 aromatic carbocycles. The van der Waals surface area contributed by atoms with E-state index in [1.807, 2.05) is 0 Å². The van der Waals surface area contributed by atoms with Gasteiger partial charge in [-0.1, -0.05) is 19.1 Å². The molecule has 2 heterocycles. The standard InChI is InChI=1S/C24H28F2N2.C2H4O2/c1-16-9-11-27(12-10-16)23-8-5-17-13-19(6-7-20(17)23)28-14-18(15-28)24-21(25)3-2-4-22(24)26;1-4-2-3/h2-4,6-7,13,16,18,23H,5,8-12,14-15H2,1H3;2H,1H3. The van der Waals surface area contributed by atoms with Gasteiger partial charge in [-0.25, -0.2) is 8.78 Å². The van der Waals surface area contributed by atoms with Gasteiger partial charge in [0.2, 0.25) is 0 Å². The van der Waals surface area contributed by atoms with Crippen molar-refractivity contribution in [3.05, 3.63) is 64.7 Å². The Balaban J connectivity index is 0.000000567. The van der Waals surface area contributed by atoms with Gasteiger partial charge in [-0.3, -0.25) is 9.69 Å². The predicted molar refractivity (Wildman–Crippen MR) is 122 cm³/mol. The van der Waals surface area contributed by atoms with Crippen molar-refractivity contribution in [3.63, 3.8) is 0 Å². The zero-order chi connectivity index (χ0) is 22.7. The van der Waals surface area contributed by atoms with Crippen molar-refractivity contribution in [1.29, 1.82) is 0 Å². The third-order valence-electron chi connectivity index (χ3n) is 7.18. The van der Waals surface area contributed by atoms with Crippen molar-refractivity contribution < 1.29 is 18.3 Å². The van der Waals surface area contributed by atoms with Crippen molar-refractivity contribution in [3.8, 4) is 0 Å². The van der Waals surface area contributed by atoms with Crippen LogP contribution in [0.3, 0.4) is 0 Å². The summed E-state index contributed by atoms with van der Waals surface area (Å²) in [7, 11) is 1.31. The molecule has 2 aromatic rings. The van der Waals surface area contributed by atoms with Crippen LogP contribution in [0.5, 0.6) is 0 Å². The van der Waals surface area contributed by atoms with E-state index in [4.69, 9.17) is 4.79 Å². The number of rotatable bonds is 4. The number of methoxy groups -OCH3 is 1. The first-order chi connectivity index (χ1) is 15.5. The van der Waals surface area contributed by atoms with Crippen LogP contribution in [0.4, 0.5) is 14.5 Å². The molecule has 0 spiro atoms. The normalized spacial score (nSPS) is 21.4. The maximum absolute atomic E-state index is 14.0.